The minimum Gasteiger partial charge on any atom is -0.487 e. The van der Waals surface area contributed by atoms with Crippen molar-refractivity contribution < 1.29 is 9.13 Å². The van der Waals surface area contributed by atoms with E-state index in [1.54, 1.807) is 0 Å². The maximum Gasteiger partial charge on any atom is 0.137 e. The van der Waals surface area contributed by atoms with Crippen molar-refractivity contribution >= 4 is 0 Å². The van der Waals surface area contributed by atoms with Gasteiger partial charge in [-0.05, 0) is 31.9 Å². The first-order valence-corrected chi connectivity index (χ1v) is 4.63. The Kier molecular flexibility index (Phi) is 2.21. The summed E-state index contributed by atoms with van der Waals surface area (Å²) in [6.45, 7) is 2.02. The van der Waals surface area contributed by atoms with Gasteiger partial charge in [-0.25, -0.2) is 4.39 Å². The maximum atomic E-state index is 12.8. The highest BCUT2D eigenvalue weighted by Crippen LogP contribution is 2.28. The third kappa shape index (κ3) is 1.82. The molecule has 0 radical (unpaired) electrons. The van der Waals surface area contributed by atoms with E-state index in [0.717, 1.165) is 12.2 Å². The summed E-state index contributed by atoms with van der Waals surface area (Å²) in [6.07, 6.45) is 0.523. The Morgan fingerprint density at radius 2 is 1.92 bits per heavy atom. The molecule has 2 heteroatoms. The molecule has 0 N–H and O–H groups in total. The molecular formula is C11H13FO. The lowest BCUT2D eigenvalue weighted by Gasteiger charge is -2.30. The molecule has 1 fully saturated rings. The van der Waals surface area contributed by atoms with Crippen LogP contribution >= 0.6 is 0 Å². The first-order valence-electron chi connectivity index (χ1n) is 4.63. The summed E-state index contributed by atoms with van der Waals surface area (Å²) in [4.78, 5) is 0. The van der Waals surface area contributed by atoms with E-state index >= 15 is 0 Å². The minimum atomic E-state index is -0.763. The van der Waals surface area contributed by atoms with Gasteiger partial charge in [0.1, 0.15) is 18.0 Å². The Bertz CT molecular complexity index is 281. The zero-order valence-corrected chi connectivity index (χ0v) is 7.66. The maximum absolute atomic E-state index is 12.8. The number of hydrogen-bond donors (Lipinski definition) is 0. The molecule has 70 valence electrons. The molecule has 0 saturated heterocycles. The summed E-state index contributed by atoms with van der Waals surface area (Å²) in [7, 11) is 0. The van der Waals surface area contributed by atoms with Crippen LogP contribution in [0.5, 0.6) is 5.75 Å². The van der Waals surface area contributed by atoms with Gasteiger partial charge >= 0.3 is 0 Å². The van der Waals surface area contributed by atoms with Crippen molar-refractivity contribution in [2.45, 2.75) is 32.0 Å². The van der Waals surface area contributed by atoms with Crippen molar-refractivity contribution in [3.8, 4) is 5.75 Å². The normalized spacial score (nSPS) is 26.6. The largest absolute Gasteiger partial charge is 0.487 e. The molecule has 1 nitrogen and oxygen atoms in total. The smallest absolute Gasteiger partial charge is 0.137 e. The number of ether oxygens (including phenoxy) is 1. The molecule has 0 amide bonds. The van der Waals surface area contributed by atoms with Crippen LogP contribution in [0, 0.1) is 6.92 Å². The minimum absolute atomic E-state index is 0.206. The Morgan fingerprint density at radius 3 is 2.38 bits per heavy atom. The van der Waals surface area contributed by atoms with Gasteiger partial charge in [0.25, 0.3) is 0 Å². The molecule has 1 saturated carbocycles. The van der Waals surface area contributed by atoms with Gasteiger partial charge in [-0.2, -0.15) is 0 Å². The molecule has 2 atom stereocenters. The molecule has 0 bridgehead atoms. The van der Waals surface area contributed by atoms with Gasteiger partial charge in [-0.3, -0.25) is 0 Å². The van der Waals surface area contributed by atoms with Crippen molar-refractivity contribution in [3.05, 3.63) is 29.8 Å². The SMILES string of the molecule is Cc1ccc(OC2CCC2F)cc1. The Balaban J connectivity index is 1.98. The molecule has 13 heavy (non-hydrogen) atoms. The van der Waals surface area contributed by atoms with Crippen LogP contribution in [-0.2, 0) is 0 Å². The van der Waals surface area contributed by atoms with Crippen LogP contribution in [0.1, 0.15) is 18.4 Å². The van der Waals surface area contributed by atoms with Crippen molar-refractivity contribution in [2.24, 2.45) is 0 Å². The zero-order chi connectivity index (χ0) is 9.26. The van der Waals surface area contributed by atoms with Crippen LogP contribution in [0.2, 0.25) is 0 Å². The van der Waals surface area contributed by atoms with Crippen LogP contribution in [0.3, 0.4) is 0 Å². The Labute approximate surface area is 77.5 Å². The molecule has 0 spiro atoms. The number of alkyl halides is 1. The van der Waals surface area contributed by atoms with E-state index in [1.807, 2.05) is 31.2 Å². The lowest BCUT2D eigenvalue weighted by molar-refractivity contribution is 0.0193. The number of halogens is 1. The van der Waals surface area contributed by atoms with Gasteiger partial charge in [0.05, 0.1) is 0 Å². The second-order valence-corrected chi connectivity index (χ2v) is 3.56. The van der Waals surface area contributed by atoms with E-state index in [9.17, 15) is 4.39 Å². The van der Waals surface area contributed by atoms with Crippen LogP contribution in [-0.4, -0.2) is 12.3 Å². The summed E-state index contributed by atoms with van der Waals surface area (Å²) in [5.74, 6) is 0.776. The van der Waals surface area contributed by atoms with Crippen molar-refractivity contribution in [2.75, 3.05) is 0 Å². The van der Waals surface area contributed by atoms with Crippen LogP contribution in [0.15, 0.2) is 24.3 Å². The van der Waals surface area contributed by atoms with Crippen molar-refractivity contribution in [1.82, 2.24) is 0 Å². The van der Waals surface area contributed by atoms with E-state index < -0.39 is 6.17 Å². The lowest BCUT2D eigenvalue weighted by Crippen LogP contribution is -2.38. The van der Waals surface area contributed by atoms with Gasteiger partial charge in [-0.1, -0.05) is 17.7 Å². The van der Waals surface area contributed by atoms with Crippen molar-refractivity contribution in [3.63, 3.8) is 0 Å². The summed E-state index contributed by atoms with van der Waals surface area (Å²) in [6, 6.07) is 7.73. The molecular weight excluding hydrogens is 167 g/mol. The van der Waals surface area contributed by atoms with E-state index in [4.69, 9.17) is 4.74 Å². The monoisotopic (exact) mass is 180 g/mol. The van der Waals surface area contributed by atoms with Crippen LogP contribution in [0.4, 0.5) is 4.39 Å². The van der Waals surface area contributed by atoms with Crippen molar-refractivity contribution in [1.29, 1.82) is 0 Å². The highest BCUT2D eigenvalue weighted by molar-refractivity contribution is 5.26. The van der Waals surface area contributed by atoms with Gasteiger partial charge in [0.2, 0.25) is 0 Å². The summed E-state index contributed by atoms with van der Waals surface area (Å²) >= 11 is 0. The number of rotatable bonds is 2. The lowest BCUT2D eigenvalue weighted by atomic mass is 9.93. The molecule has 2 rings (SSSR count). The number of hydrogen-bond acceptors (Lipinski definition) is 1. The highest BCUT2D eigenvalue weighted by Gasteiger charge is 2.32. The quantitative estimate of drug-likeness (QED) is 0.680. The molecule has 1 aliphatic carbocycles. The van der Waals surface area contributed by atoms with Gasteiger partial charge in [0, 0.05) is 0 Å². The van der Waals surface area contributed by atoms with E-state index in [2.05, 4.69) is 0 Å². The average Bonchev–Trinajstić information content (AvgIpc) is 2.15. The first kappa shape index (κ1) is 8.54. The fraction of sp³-hybridized carbons (Fsp3) is 0.455. The van der Waals surface area contributed by atoms with Crippen LogP contribution in [0.25, 0.3) is 0 Å². The van der Waals surface area contributed by atoms with Gasteiger partial charge < -0.3 is 4.74 Å². The topological polar surface area (TPSA) is 9.23 Å². The second kappa shape index (κ2) is 3.36. The average molecular weight is 180 g/mol. The van der Waals surface area contributed by atoms with E-state index in [0.29, 0.717) is 6.42 Å². The molecule has 0 heterocycles. The molecule has 0 aliphatic heterocycles. The van der Waals surface area contributed by atoms with Gasteiger partial charge in [-0.15, -0.1) is 0 Å². The molecule has 0 aromatic heterocycles. The predicted molar refractivity (Wildman–Crippen MR) is 49.7 cm³/mol. The summed E-state index contributed by atoms with van der Waals surface area (Å²) < 4.78 is 18.3. The summed E-state index contributed by atoms with van der Waals surface area (Å²) in [5, 5.41) is 0. The van der Waals surface area contributed by atoms with Crippen LogP contribution < -0.4 is 4.74 Å². The molecule has 1 aromatic carbocycles. The Hall–Kier alpha value is -1.05. The number of benzene rings is 1. The number of aryl methyl sites for hydroxylation is 1. The molecule has 2 unspecified atom stereocenters. The zero-order valence-electron chi connectivity index (χ0n) is 7.66. The predicted octanol–water partition coefficient (Wildman–Crippen LogP) is 2.87. The highest BCUT2D eigenvalue weighted by atomic mass is 19.1. The summed E-state index contributed by atoms with van der Waals surface area (Å²) in [5.41, 5.74) is 1.19. The fourth-order valence-corrected chi connectivity index (χ4v) is 1.35. The van der Waals surface area contributed by atoms with Gasteiger partial charge in [0.15, 0.2) is 0 Å². The molecule has 1 aromatic rings. The third-order valence-corrected chi connectivity index (χ3v) is 2.44. The molecule has 1 aliphatic rings. The first-order chi connectivity index (χ1) is 6.25. The second-order valence-electron chi connectivity index (χ2n) is 3.56. The fourth-order valence-electron chi connectivity index (χ4n) is 1.35. The Morgan fingerprint density at radius 1 is 1.23 bits per heavy atom. The van der Waals surface area contributed by atoms with E-state index in [-0.39, 0.29) is 6.10 Å². The standard InChI is InChI=1S/C11H13FO/c1-8-2-4-9(5-3-8)13-11-7-6-10(11)12/h2-5,10-11H,6-7H2,1H3. The third-order valence-electron chi connectivity index (χ3n) is 2.44. The van der Waals surface area contributed by atoms with E-state index in [1.165, 1.54) is 5.56 Å².